The van der Waals surface area contributed by atoms with Crippen molar-refractivity contribution in [1.29, 1.82) is 0 Å². The van der Waals surface area contributed by atoms with E-state index in [9.17, 15) is 4.79 Å². The lowest BCUT2D eigenvalue weighted by molar-refractivity contribution is 0.0991. The van der Waals surface area contributed by atoms with Gasteiger partial charge in [0.15, 0.2) is 5.78 Å². The molecule has 0 spiro atoms. The number of thioether (sulfide) groups is 1. The first-order valence-corrected chi connectivity index (χ1v) is 10.9. The Hall–Kier alpha value is -3.91. The molecule has 0 aliphatic heterocycles. The molecule has 158 valence electrons. The third-order valence-corrected chi connectivity index (χ3v) is 6.36. The fourth-order valence-electron chi connectivity index (χ4n) is 3.56. The number of nitrogens with zero attached hydrogens (tertiary/aromatic N) is 4. The first-order chi connectivity index (χ1) is 15.7. The predicted molar refractivity (Wildman–Crippen MR) is 123 cm³/mol. The van der Waals surface area contributed by atoms with Crippen molar-refractivity contribution in [3.05, 3.63) is 96.2 Å². The molecule has 32 heavy (non-hydrogen) atoms. The molecule has 5 rings (SSSR count). The summed E-state index contributed by atoms with van der Waals surface area (Å²) in [7, 11) is 1.62. The topological polar surface area (TPSA) is 85.7 Å². The van der Waals surface area contributed by atoms with Gasteiger partial charge in [-0.15, -0.1) is 5.10 Å². The zero-order valence-corrected chi connectivity index (χ0v) is 18.0. The summed E-state index contributed by atoms with van der Waals surface area (Å²) in [5.74, 6) is 0.732. The second-order valence-electron chi connectivity index (χ2n) is 7.09. The second kappa shape index (κ2) is 8.68. The smallest absolute Gasteiger partial charge is 0.215 e. The van der Waals surface area contributed by atoms with E-state index in [0.717, 1.165) is 27.9 Å². The minimum atomic E-state index is -0.515. The number of methoxy groups -OCH3 is 1. The van der Waals surface area contributed by atoms with Crippen LogP contribution >= 0.6 is 11.8 Å². The Morgan fingerprint density at radius 3 is 2.53 bits per heavy atom. The predicted octanol–water partition coefficient (Wildman–Crippen LogP) is 4.87. The van der Waals surface area contributed by atoms with Crippen LogP contribution in [0.1, 0.15) is 21.2 Å². The lowest BCUT2D eigenvalue weighted by Gasteiger charge is -2.15. The first-order valence-electron chi connectivity index (χ1n) is 9.99. The number of rotatable bonds is 7. The summed E-state index contributed by atoms with van der Waals surface area (Å²) in [5.41, 5.74) is 3.24. The number of fused-ring (bicyclic) bond motifs is 1. The molecule has 0 saturated heterocycles. The molecule has 1 N–H and O–H groups in total. The van der Waals surface area contributed by atoms with Crippen LogP contribution < -0.4 is 4.74 Å². The van der Waals surface area contributed by atoms with Crippen LogP contribution in [0.3, 0.4) is 0 Å². The second-order valence-corrected chi connectivity index (χ2v) is 8.16. The molecule has 0 radical (unpaired) electrons. The number of nitrogens with one attached hydrogen (secondary N) is 1. The van der Waals surface area contributed by atoms with Crippen LogP contribution in [0.2, 0.25) is 0 Å². The molecule has 8 heteroatoms. The van der Waals surface area contributed by atoms with E-state index in [4.69, 9.17) is 4.74 Å². The van der Waals surface area contributed by atoms with E-state index in [1.165, 1.54) is 11.8 Å². The molecule has 3 aromatic carbocycles. The minimum Gasteiger partial charge on any atom is -0.497 e. The molecular weight excluding hydrogens is 422 g/mol. The third-order valence-electron chi connectivity index (χ3n) is 5.18. The number of tetrazole rings is 1. The van der Waals surface area contributed by atoms with Gasteiger partial charge in [0.25, 0.3) is 0 Å². The van der Waals surface area contributed by atoms with E-state index in [0.29, 0.717) is 10.7 Å². The Labute approximate surface area is 188 Å². The summed E-state index contributed by atoms with van der Waals surface area (Å²) in [5, 5.41) is 13.1. The van der Waals surface area contributed by atoms with E-state index in [-0.39, 0.29) is 5.78 Å². The lowest BCUT2D eigenvalue weighted by atomic mass is 10.0. The third kappa shape index (κ3) is 3.76. The molecule has 5 aromatic rings. The lowest BCUT2D eigenvalue weighted by Crippen LogP contribution is -2.11. The number of ketones is 1. The van der Waals surface area contributed by atoms with Gasteiger partial charge in [-0.1, -0.05) is 60.3 Å². The van der Waals surface area contributed by atoms with Crippen molar-refractivity contribution in [2.45, 2.75) is 10.4 Å². The highest BCUT2D eigenvalue weighted by Crippen LogP contribution is 2.38. The van der Waals surface area contributed by atoms with E-state index in [1.54, 1.807) is 18.0 Å². The Kier molecular flexibility index (Phi) is 5.43. The molecule has 0 saturated carbocycles. The number of benzene rings is 3. The average molecular weight is 442 g/mol. The Balaban J connectivity index is 1.53. The van der Waals surface area contributed by atoms with E-state index < -0.39 is 5.25 Å². The highest BCUT2D eigenvalue weighted by molar-refractivity contribution is 8.00. The summed E-state index contributed by atoms with van der Waals surface area (Å²) < 4.78 is 6.86. The van der Waals surface area contributed by atoms with Gasteiger partial charge in [-0.3, -0.25) is 4.79 Å². The van der Waals surface area contributed by atoms with E-state index >= 15 is 0 Å². The summed E-state index contributed by atoms with van der Waals surface area (Å²) in [6, 6.07) is 24.9. The molecule has 0 aliphatic carbocycles. The van der Waals surface area contributed by atoms with Crippen LogP contribution in [0, 0.1) is 0 Å². The van der Waals surface area contributed by atoms with Crippen LogP contribution in [0.4, 0.5) is 0 Å². The Bertz CT molecular complexity index is 1360. The zero-order valence-electron chi connectivity index (χ0n) is 17.2. The SMILES string of the molecule is COc1ccc(-n2nnnc2S[C@H](C(=O)c2c[nH]c3ccccc23)c2ccccc2)cc1. The van der Waals surface area contributed by atoms with Crippen LogP contribution in [0.15, 0.2) is 90.2 Å². The summed E-state index contributed by atoms with van der Waals surface area (Å²) in [6.45, 7) is 0. The quantitative estimate of drug-likeness (QED) is 0.287. The van der Waals surface area contributed by atoms with Gasteiger partial charge in [-0.25, -0.2) is 0 Å². The largest absolute Gasteiger partial charge is 0.497 e. The molecule has 1 atom stereocenters. The van der Waals surface area contributed by atoms with E-state index in [2.05, 4.69) is 20.5 Å². The number of hydrogen-bond donors (Lipinski definition) is 1. The van der Waals surface area contributed by atoms with Gasteiger partial charge >= 0.3 is 0 Å². The number of aromatic amines is 1. The van der Waals surface area contributed by atoms with Crippen LogP contribution in [-0.4, -0.2) is 38.1 Å². The maximum Gasteiger partial charge on any atom is 0.215 e. The number of carbonyl (C=O) groups is 1. The molecule has 0 aliphatic rings. The van der Waals surface area contributed by atoms with Crippen molar-refractivity contribution in [2.24, 2.45) is 0 Å². The summed E-state index contributed by atoms with van der Waals surface area (Å²) in [4.78, 5) is 16.9. The van der Waals surface area contributed by atoms with Gasteiger partial charge in [0.1, 0.15) is 11.0 Å². The van der Waals surface area contributed by atoms with Crippen molar-refractivity contribution in [2.75, 3.05) is 7.11 Å². The molecule has 7 nitrogen and oxygen atoms in total. The standard InChI is InChI=1S/C24H19N5O2S/c1-31-18-13-11-17(12-14-18)29-24(26-27-28-29)32-23(16-7-3-2-4-8-16)22(30)20-15-25-21-10-6-5-9-19(20)21/h2-15,23,25H,1H3/t23-/m0/s1. The first kappa shape index (κ1) is 20.0. The Morgan fingerprint density at radius 2 is 1.75 bits per heavy atom. The highest BCUT2D eigenvalue weighted by Gasteiger charge is 2.28. The number of para-hydroxylation sites is 1. The fourth-order valence-corrected chi connectivity index (χ4v) is 4.62. The summed E-state index contributed by atoms with van der Waals surface area (Å²) in [6.07, 6.45) is 1.77. The van der Waals surface area contributed by atoms with Crippen LogP contribution in [-0.2, 0) is 0 Å². The normalized spacial score (nSPS) is 12.0. The van der Waals surface area contributed by atoms with Crippen molar-refractivity contribution < 1.29 is 9.53 Å². The molecule has 2 aromatic heterocycles. The van der Waals surface area contributed by atoms with Crippen LogP contribution in [0.5, 0.6) is 5.75 Å². The number of aromatic nitrogens is 5. The molecule has 0 unspecified atom stereocenters. The van der Waals surface area contributed by atoms with Crippen molar-refractivity contribution in [3.63, 3.8) is 0 Å². The molecule has 0 bridgehead atoms. The highest BCUT2D eigenvalue weighted by atomic mass is 32.2. The number of ether oxygens (including phenoxy) is 1. The summed E-state index contributed by atoms with van der Waals surface area (Å²) >= 11 is 1.33. The number of H-pyrrole nitrogens is 1. The van der Waals surface area contributed by atoms with Gasteiger partial charge in [0.05, 0.1) is 12.8 Å². The molecular formula is C24H19N5O2S. The minimum absolute atomic E-state index is 0.0112. The zero-order chi connectivity index (χ0) is 21.9. The maximum atomic E-state index is 13.7. The monoisotopic (exact) mass is 441 g/mol. The van der Waals surface area contributed by atoms with Crippen LogP contribution in [0.25, 0.3) is 16.6 Å². The van der Waals surface area contributed by atoms with Crippen molar-refractivity contribution in [1.82, 2.24) is 25.2 Å². The molecule has 0 amide bonds. The maximum absolute atomic E-state index is 13.7. The van der Waals surface area contributed by atoms with Gasteiger partial charge in [0.2, 0.25) is 5.16 Å². The van der Waals surface area contributed by atoms with E-state index in [1.807, 2.05) is 78.9 Å². The molecule has 2 heterocycles. The van der Waals surface area contributed by atoms with Gasteiger partial charge in [-0.05, 0) is 46.3 Å². The number of carbonyl (C=O) groups excluding carboxylic acids is 1. The fraction of sp³-hybridized carbons (Fsp3) is 0.0833. The van der Waals surface area contributed by atoms with Gasteiger partial charge in [0, 0.05) is 22.7 Å². The average Bonchev–Trinajstić information content (AvgIpc) is 3.50. The van der Waals surface area contributed by atoms with Gasteiger partial charge < -0.3 is 9.72 Å². The van der Waals surface area contributed by atoms with Crippen molar-refractivity contribution in [3.8, 4) is 11.4 Å². The number of hydrogen-bond acceptors (Lipinski definition) is 6. The molecule has 0 fully saturated rings. The van der Waals surface area contributed by atoms with Crippen molar-refractivity contribution >= 4 is 28.4 Å². The number of Topliss-reactive ketones (excluding diaryl/α,β-unsaturated/α-hetero) is 1. The van der Waals surface area contributed by atoms with Gasteiger partial charge in [-0.2, -0.15) is 4.68 Å². The Morgan fingerprint density at radius 1 is 1.00 bits per heavy atom.